The third-order valence-corrected chi connectivity index (χ3v) is 6.81. The highest BCUT2D eigenvalue weighted by molar-refractivity contribution is 7.48. The van der Waals surface area contributed by atoms with Gasteiger partial charge in [0.2, 0.25) is 0 Å². The van der Waals surface area contributed by atoms with Crippen LogP contribution in [0.3, 0.4) is 0 Å². The first-order chi connectivity index (χ1) is 14.6. The molecule has 0 aliphatic carbocycles. The predicted molar refractivity (Wildman–Crippen MR) is 127 cm³/mol. The van der Waals surface area contributed by atoms with Gasteiger partial charge in [0.15, 0.2) is 0 Å². The monoisotopic (exact) mass is 450 g/mol. The van der Waals surface area contributed by atoms with Gasteiger partial charge < -0.3 is 0 Å². The minimum atomic E-state index is -3.55. The fourth-order valence-electron chi connectivity index (χ4n) is 3.59. The van der Waals surface area contributed by atoms with Crippen molar-refractivity contribution in [3.8, 4) is 0 Å². The first-order valence-electron chi connectivity index (χ1n) is 12.7. The molecule has 0 N–H and O–H groups in total. The average molecular weight is 451 g/mol. The lowest BCUT2D eigenvalue weighted by atomic mass is 10.0. The van der Waals surface area contributed by atoms with Crippen LogP contribution in [0.25, 0.3) is 0 Å². The maximum Gasteiger partial charge on any atom is 0.501 e. The molecule has 0 aliphatic rings. The molecule has 0 aromatic rings. The van der Waals surface area contributed by atoms with Crippen molar-refractivity contribution in [3.63, 3.8) is 0 Å². The summed E-state index contributed by atoms with van der Waals surface area (Å²) in [5, 5.41) is 0. The molecule has 0 fully saturated rings. The normalized spacial score (nSPS) is 14.7. The number of hydrogen-bond acceptors (Lipinski definition) is 5. The van der Waals surface area contributed by atoms with E-state index in [2.05, 4.69) is 6.92 Å². The van der Waals surface area contributed by atoms with Crippen molar-refractivity contribution in [2.24, 2.45) is 0 Å². The highest BCUT2D eigenvalue weighted by Gasteiger charge is 2.26. The molecular formula is C24H51O5P. The molecule has 0 amide bonds. The van der Waals surface area contributed by atoms with Gasteiger partial charge in [-0.25, -0.2) is 9.45 Å². The molecule has 182 valence electrons. The molecule has 0 saturated heterocycles. The van der Waals surface area contributed by atoms with E-state index in [1.807, 2.05) is 6.92 Å². The van der Waals surface area contributed by atoms with E-state index in [4.69, 9.17) is 18.6 Å². The van der Waals surface area contributed by atoms with Crippen LogP contribution < -0.4 is 0 Å². The molecular weight excluding hydrogens is 399 g/mol. The fourth-order valence-corrected chi connectivity index (χ4v) is 4.37. The van der Waals surface area contributed by atoms with Gasteiger partial charge in [0.1, 0.15) is 0 Å². The third kappa shape index (κ3) is 20.0. The molecule has 30 heavy (non-hydrogen) atoms. The van der Waals surface area contributed by atoms with Crippen LogP contribution in [0, 0.1) is 0 Å². The van der Waals surface area contributed by atoms with Crippen LogP contribution in [0.1, 0.15) is 136 Å². The predicted octanol–water partition coefficient (Wildman–Crippen LogP) is 9.16. The van der Waals surface area contributed by atoms with Crippen LogP contribution in [0.5, 0.6) is 0 Å². The van der Waals surface area contributed by atoms with Gasteiger partial charge in [0.05, 0.1) is 12.7 Å². The summed E-state index contributed by atoms with van der Waals surface area (Å²) in [4.78, 5) is 5.17. The molecule has 0 rings (SSSR count). The smallest absolute Gasteiger partial charge is 0.289 e. The Hall–Kier alpha value is 0.0700. The minimum Gasteiger partial charge on any atom is -0.289 e. The van der Waals surface area contributed by atoms with Crippen LogP contribution in [-0.4, -0.2) is 19.8 Å². The topological polar surface area (TPSA) is 54.0 Å². The Kier molecular flexibility index (Phi) is 22.3. The summed E-state index contributed by atoms with van der Waals surface area (Å²) in [5.41, 5.74) is 0. The summed E-state index contributed by atoms with van der Waals surface area (Å²) in [7, 11) is -2.26. The maximum atomic E-state index is 11.9. The van der Waals surface area contributed by atoms with Crippen molar-refractivity contribution < 1.29 is 23.2 Å². The number of phosphoric acid groups is 1. The average Bonchev–Trinajstić information content (AvgIpc) is 2.74. The van der Waals surface area contributed by atoms with E-state index in [1.165, 1.54) is 110 Å². The van der Waals surface area contributed by atoms with Gasteiger partial charge in [-0.05, 0) is 20.3 Å². The summed E-state index contributed by atoms with van der Waals surface area (Å²) in [6.45, 7) is 6.18. The zero-order chi connectivity index (χ0) is 22.3. The van der Waals surface area contributed by atoms with Crippen molar-refractivity contribution in [1.82, 2.24) is 0 Å². The van der Waals surface area contributed by atoms with Crippen LogP contribution in [-0.2, 0) is 23.2 Å². The van der Waals surface area contributed by atoms with E-state index in [1.54, 1.807) is 6.92 Å². The molecule has 0 aliphatic heterocycles. The van der Waals surface area contributed by atoms with Gasteiger partial charge in [-0.3, -0.25) is 9.05 Å². The highest BCUT2D eigenvalue weighted by Crippen LogP contribution is 2.48. The summed E-state index contributed by atoms with van der Waals surface area (Å²) in [6, 6.07) is 0. The van der Waals surface area contributed by atoms with Gasteiger partial charge in [-0.1, -0.05) is 116 Å². The Balaban J connectivity index is 3.30. The molecule has 2 atom stereocenters. The molecule has 0 bridgehead atoms. The fraction of sp³-hybridized carbons (Fsp3) is 1.00. The van der Waals surface area contributed by atoms with E-state index in [0.29, 0.717) is 0 Å². The summed E-state index contributed by atoms with van der Waals surface area (Å²) in [5.74, 6) is 0. The molecule has 5 nitrogen and oxygen atoms in total. The summed E-state index contributed by atoms with van der Waals surface area (Å²) >= 11 is 0. The maximum absolute atomic E-state index is 11.9. The van der Waals surface area contributed by atoms with Gasteiger partial charge >= 0.3 is 7.82 Å². The number of unbranched alkanes of at least 4 members (excludes halogenated alkanes) is 16. The Morgan fingerprint density at radius 3 is 1.43 bits per heavy atom. The second-order valence-electron chi connectivity index (χ2n) is 8.47. The lowest BCUT2D eigenvalue weighted by Gasteiger charge is -2.16. The van der Waals surface area contributed by atoms with E-state index in [0.717, 1.165) is 12.8 Å². The summed E-state index contributed by atoms with van der Waals surface area (Å²) < 4.78 is 26.5. The first kappa shape index (κ1) is 30.1. The number of rotatable bonds is 24. The first-order valence-corrected chi connectivity index (χ1v) is 14.2. The quantitative estimate of drug-likeness (QED) is 0.0635. The molecule has 0 spiro atoms. The van der Waals surface area contributed by atoms with Crippen molar-refractivity contribution >= 4 is 7.82 Å². The Labute approximate surface area is 187 Å². The number of hydrogen-bond donors (Lipinski definition) is 0. The Morgan fingerprint density at radius 2 is 1.07 bits per heavy atom. The van der Waals surface area contributed by atoms with Gasteiger partial charge in [-0.15, -0.1) is 4.67 Å². The van der Waals surface area contributed by atoms with E-state index < -0.39 is 7.82 Å². The van der Waals surface area contributed by atoms with E-state index in [-0.39, 0.29) is 12.7 Å². The Morgan fingerprint density at radius 1 is 0.667 bits per heavy atom. The van der Waals surface area contributed by atoms with Crippen LogP contribution in [0.15, 0.2) is 0 Å². The lowest BCUT2D eigenvalue weighted by Crippen LogP contribution is -2.09. The van der Waals surface area contributed by atoms with E-state index in [9.17, 15) is 4.57 Å². The van der Waals surface area contributed by atoms with Crippen molar-refractivity contribution in [2.75, 3.05) is 13.7 Å². The molecule has 0 aromatic heterocycles. The molecule has 2 unspecified atom stereocenters. The third-order valence-electron chi connectivity index (χ3n) is 5.52. The molecule has 0 aromatic carbocycles. The van der Waals surface area contributed by atoms with Crippen LogP contribution >= 0.6 is 7.82 Å². The minimum absolute atomic E-state index is 0.120. The molecule has 0 saturated carbocycles. The second kappa shape index (κ2) is 22.3. The molecule has 6 heteroatoms. The largest absolute Gasteiger partial charge is 0.501 e. The van der Waals surface area contributed by atoms with Crippen LogP contribution in [0.2, 0.25) is 0 Å². The van der Waals surface area contributed by atoms with Crippen LogP contribution in [0.4, 0.5) is 0 Å². The van der Waals surface area contributed by atoms with E-state index >= 15 is 0 Å². The lowest BCUT2D eigenvalue weighted by molar-refractivity contribution is -0.257. The Bertz CT molecular complexity index is 392. The van der Waals surface area contributed by atoms with Crippen molar-refractivity contribution in [3.05, 3.63) is 0 Å². The zero-order valence-corrected chi connectivity index (χ0v) is 21.4. The standard InChI is InChI=1S/C24H51O5P/c1-5-7-8-9-10-11-12-13-14-15-16-17-18-19-20-21-22-23-24(3)28-29-30(25,26-4)27-6-2/h24H,5-23H2,1-4H3. The zero-order valence-electron chi connectivity index (χ0n) is 20.5. The number of phosphoric ester groups is 1. The summed E-state index contributed by atoms with van der Waals surface area (Å²) in [6.07, 6.45) is 24.0. The SMILES string of the molecule is CCCCCCCCCCCCCCCCCCCC(C)OOP(=O)(OC)OCC. The molecule has 0 radical (unpaired) electrons. The van der Waals surface area contributed by atoms with Gasteiger partial charge in [-0.2, -0.15) is 0 Å². The van der Waals surface area contributed by atoms with Crippen molar-refractivity contribution in [1.29, 1.82) is 0 Å². The van der Waals surface area contributed by atoms with Gasteiger partial charge in [0, 0.05) is 7.11 Å². The second-order valence-corrected chi connectivity index (χ2v) is 10.1. The molecule has 0 heterocycles. The van der Waals surface area contributed by atoms with Crippen molar-refractivity contribution in [2.45, 2.75) is 142 Å². The highest BCUT2D eigenvalue weighted by atomic mass is 31.2. The van der Waals surface area contributed by atoms with Gasteiger partial charge in [0.25, 0.3) is 0 Å².